The second-order valence-corrected chi connectivity index (χ2v) is 7.09. The van der Waals surface area contributed by atoms with Crippen LogP contribution in [-0.4, -0.2) is 23.9 Å². The first-order valence-electron chi connectivity index (χ1n) is 8.24. The third kappa shape index (κ3) is 4.72. The van der Waals surface area contributed by atoms with Gasteiger partial charge in [-0.05, 0) is 49.7 Å². The van der Waals surface area contributed by atoms with Gasteiger partial charge in [0.15, 0.2) is 0 Å². The number of piperidine rings is 1. The quantitative estimate of drug-likeness (QED) is 0.810. The Morgan fingerprint density at radius 3 is 2.64 bits per heavy atom. The number of hydrogen-bond acceptors (Lipinski definition) is 2. The summed E-state index contributed by atoms with van der Waals surface area (Å²) in [7, 11) is 0. The number of nitrogens with zero attached hydrogens (tertiary/aromatic N) is 1. The van der Waals surface area contributed by atoms with Gasteiger partial charge in [0.25, 0.3) is 0 Å². The first-order valence-corrected chi connectivity index (χ1v) is 9.00. The van der Waals surface area contributed by atoms with Crippen molar-refractivity contribution in [3.63, 3.8) is 0 Å². The highest BCUT2D eigenvalue weighted by Crippen LogP contribution is 2.28. The molecule has 1 N–H and O–H groups in total. The molecule has 1 aliphatic heterocycles. The van der Waals surface area contributed by atoms with Gasteiger partial charge in [0, 0.05) is 34.4 Å². The van der Waals surface area contributed by atoms with Crippen LogP contribution in [0.15, 0.2) is 42.5 Å². The van der Waals surface area contributed by atoms with Crippen LogP contribution in [-0.2, 0) is 11.3 Å². The van der Waals surface area contributed by atoms with Crippen LogP contribution in [0.2, 0.25) is 10.0 Å². The van der Waals surface area contributed by atoms with Crippen LogP contribution < -0.4 is 5.32 Å². The van der Waals surface area contributed by atoms with Gasteiger partial charge in [0.2, 0.25) is 5.91 Å². The lowest BCUT2D eigenvalue weighted by molar-refractivity contribution is -0.121. The number of nitrogens with one attached hydrogen (secondary N) is 1. The molecule has 1 heterocycles. The Hall–Kier alpha value is -1.62. The topological polar surface area (TPSA) is 32.3 Å². The fourth-order valence-corrected chi connectivity index (χ4v) is 3.65. The van der Waals surface area contributed by atoms with E-state index < -0.39 is 0 Å². The largest absolute Gasteiger partial charge is 0.326 e. The monoisotopic (exact) mass is 380 g/mol. The van der Waals surface area contributed by atoms with E-state index >= 15 is 0 Å². The molecule has 1 amide bonds. The normalized spacial score (nSPS) is 18.1. The number of carbonyl (C=O) groups is 1. The highest BCUT2D eigenvalue weighted by Gasteiger charge is 2.26. The summed E-state index contributed by atoms with van der Waals surface area (Å²) >= 11 is 12.5. The predicted molar refractivity (Wildman–Crippen MR) is 99.5 cm³/mol. The van der Waals surface area contributed by atoms with Crippen LogP contribution in [0, 0.1) is 11.7 Å². The molecule has 0 saturated carbocycles. The van der Waals surface area contributed by atoms with Gasteiger partial charge in [-0.2, -0.15) is 0 Å². The SMILES string of the molecule is O=C(Nc1cccc(F)c1)C1CCCN(Cc2c(Cl)cccc2Cl)C1. The lowest BCUT2D eigenvalue weighted by Gasteiger charge is -2.32. The zero-order chi connectivity index (χ0) is 17.8. The molecule has 3 rings (SSSR count). The minimum atomic E-state index is -0.364. The molecule has 1 atom stereocenters. The molecule has 132 valence electrons. The Morgan fingerprint density at radius 1 is 1.20 bits per heavy atom. The predicted octanol–water partition coefficient (Wildman–Crippen LogP) is 4.98. The van der Waals surface area contributed by atoms with E-state index in [9.17, 15) is 9.18 Å². The number of carbonyl (C=O) groups excluding carboxylic acids is 1. The Balaban J connectivity index is 1.63. The molecule has 0 aliphatic carbocycles. The van der Waals surface area contributed by atoms with Crippen LogP contribution >= 0.6 is 23.2 Å². The first-order chi connectivity index (χ1) is 12.0. The fraction of sp³-hybridized carbons (Fsp3) is 0.316. The molecule has 2 aromatic rings. The molecule has 0 radical (unpaired) electrons. The number of halogens is 3. The average Bonchev–Trinajstić information content (AvgIpc) is 2.58. The number of hydrogen-bond donors (Lipinski definition) is 1. The Labute approximate surface area is 156 Å². The van der Waals surface area contributed by atoms with Crippen LogP contribution in [0.1, 0.15) is 18.4 Å². The van der Waals surface area contributed by atoms with Gasteiger partial charge in [-0.15, -0.1) is 0 Å². The number of amides is 1. The third-order valence-electron chi connectivity index (χ3n) is 4.41. The molecule has 2 aromatic carbocycles. The molecule has 1 aliphatic rings. The molecular weight excluding hydrogens is 362 g/mol. The maximum atomic E-state index is 13.3. The highest BCUT2D eigenvalue weighted by molar-refractivity contribution is 6.35. The summed E-state index contributed by atoms with van der Waals surface area (Å²) < 4.78 is 13.3. The van der Waals surface area contributed by atoms with Crippen molar-refractivity contribution in [3.8, 4) is 0 Å². The lowest BCUT2D eigenvalue weighted by atomic mass is 9.96. The zero-order valence-corrected chi connectivity index (χ0v) is 15.2. The van der Waals surface area contributed by atoms with Crippen molar-refractivity contribution in [3.05, 3.63) is 63.9 Å². The van der Waals surface area contributed by atoms with Crippen molar-refractivity contribution in [1.82, 2.24) is 4.90 Å². The summed E-state index contributed by atoms with van der Waals surface area (Å²) in [6.07, 6.45) is 1.73. The fourth-order valence-electron chi connectivity index (χ4n) is 3.13. The van der Waals surface area contributed by atoms with Crippen molar-refractivity contribution in [2.75, 3.05) is 18.4 Å². The van der Waals surface area contributed by atoms with Gasteiger partial charge >= 0.3 is 0 Å². The molecule has 1 fully saturated rings. The van der Waals surface area contributed by atoms with Crippen LogP contribution in [0.5, 0.6) is 0 Å². The van der Waals surface area contributed by atoms with E-state index in [-0.39, 0.29) is 17.6 Å². The molecule has 3 nitrogen and oxygen atoms in total. The average molecular weight is 381 g/mol. The molecular formula is C19H19Cl2FN2O. The van der Waals surface area contributed by atoms with Crippen LogP contribution in [0.3, 0.4) is 0 Å². The lowest BCUT2D eigenvalue weighted by Crippen LogP contribution is -2.40. The zero-order valence-electron chi connectivity index (χ0n) is 13.6. The van der Waals surface area contributed by atoms with Gasteiger partial charge in [0.05, 0.1) is 5.92 Å². The number of anilines is 1. The molecule has 0 aromatic heterocycles. The molecule has 1 unspecified atom stereocenters. The smallest absolute Gasteiger partial charge is 0.228 e. The minimum absolute atomic E-state index is 0.0828. The van der Waals surface area contributed by atoms with Gasteiger partial charge < -0.3 is 5.32 Å². The number of likely N-dealkylation sites (tertiary alicyclic amines) is 1. The van der Waals surface area contributed by atoms with E-state index in [4.69, 9.17) is 23.2 Å². The van der Waals surface area contributed by atoms with E-state index in [1.54, 1.807) is 12.1 Å². The molecule has 0 spiro atoms. The van der Waals surface area contributed by atoms with E-state index in [2.05, 4.69) is 10.2 Å². The van der Waals surface area contributed by atoms with E-state index in [0.717, 1.165) is 24.9 Å². The molecule has 6 heteroatoms. The highest BCUT2D eigenvalue weighted by atomic mass is 35.5. The van der Waals surface area contributed by atoms with Crippen molar-refractivity contribution >= 4 is 34.8 Å². The Bertz CT molecular complexity index is 749. The summed E-state index contributed by atoms with van der Waals surface area (Å²) in [5.41, 5.74) is 1.37. The van der Waals surface area contributed by atoms with Crippen molar-refractivity contribution < 1.29 is 9.18 Å². The summed E-state index contributed by atoms with van der Waals surface area (Å²) in [5, 5.41) is 4.08. The van der Waals surface area contributed by atoms with Gasteiger partial charge in [-0.3, -0.25) is 9.69 Å². The van der Waals surface area contributed by atoms with E-state index in [1.807, 2.05) is 18.2 Å². The minimum Gasteiger partial charge on any atom is -0.326 e. The van der Waals surface area contributed by atoms with Crippen LogP contribution in [0.4, 0.5) is 10.1 Å². The molecule has 1 saturated heterocycles. The Kier molecular flexibility index (Phi) is 5.94. The maximum absolute atomic E-state index is 13.3. The first kappa shape index (κ1) is 18.2. The summed E-state index contributed by atoms with van der Waals surface area (Å²) in [6, 6.07) is 11.4. The summed E-state index contributed by atoms with van der Waals surface area (Å²) in [5.74, 6) is -0.588. The van der Waals surface area contributed by atoms with Crippen LogP contribution in [0.25, 0.3) is 0 Å². The number of benzene rings is 2. The molecule has 25 heavy (non-hydrogen) atoms. The number of rotatable bonds is 4. The Morgan fingerprint density at radius 2 is 1.92 bits per heavy atom. The molecule has 0 bridgehead atoms. The van der Waals surface area contributed by atoms with E-state index in [0.29, 0.717) is 28.8 Å². The van der Waals surface area contributed by atoms with Crippen molar-refractivity contribution in [1.29, 1.82) is 0 Å². The third-order valence-corrected chi connectivity index (χ3v) is 5.12. The van der Waals surface area contributed by atoms with Gasteiger partial charge in [-0.1, -0.05) is 35.3 Å². The van der Waals surface area contributed by atoms with E-state index in [1.165, 1.54) is 12.1 Å². The maximum Gasteiger partial charge on any atom is 0.228 e. The summed E-state index contributed by atoms with van der Waals surface area (Å²) in [6.45, 7) is 2.14. The second-order valence-electron chi connectivity index (χ2n) is 6.27. The standard InChI is InChI=1S/C19H19Cl2FN2O/c20-17-7-2-8-18(21)16(17)12-24-9-3-4-13(11-24)19(25)23-15-6-1-5-14(22)10-15/h1-2,5-8,10,13H,3-4,9,11-12H2,(H,23,25). The van der Waals surface area contributed by atoms with Crippen molar-refractivity contribution in [2.24, 2.45) is 5.92 Å². The van der Waals surface area contributed by atoms with Gasteiger partial charge in [0.1, 0.15) is 5.82 Å². The summed E-state index contributed by atoms with van der Waals surface area (Å²) in [4.78, 5) is 14.7. The van der Waals surface area contributed by atoms with Crippen molar-refractivity contribution in [2.45, 2.75) is 19.4 Å². The van der Waals surface area contributed by atoms with Gasteiger partial charge in [-0.25, -0.2) is 4.39 Å². The second kappa shape index (κ2) is 8.17.